The Morgan fingerprint density at radius 2 is 2.25 bits per heavy atom. The van der Waals surface area contributed by atoms with Crippen molar-refractivity contribution < 1.29 is 14.4 Å². The molecule has 1 unspecified atom stereocenters. The predicted molar refractivity (Wildman–Crippen MR) is 87.2 cm³/mol. The molecule has 4 aliphatic heterocycles. The van der Waals surface area contributed by atoms with Crippen molar-refractivity contribution in [2.45, 2.75) is 44.9 Å². The Bertz CT molecular complexity index is 583. The summed E-state index contributed by atoms with van der Waals surface area (Å²) in [6, 6.07) is 0.559. The number of piperidine rings is 3. The van der Waals surface area contributed by atoms with Crippen molar-refractivity contribution in [3.05, 3.63) is 11.9 Å². The average molecular weight is 334 g/mol. The van der Waals surface area contributed by atoms with E-state index in [0.717, 1.165) is 38.3 Å². The number of aromatic nitrogens is 3. The zero-order valence-corrected chi connectivity index (χ0v) is 14.5. The first-order valence-corrected chi connectivity index (χ1v) is 9.26. The molecule has 0 saturated carbocycles. The van der Waals surface area contributed by atoms with Crippen LogP contribution in [0.3, 0.4) is 0 Å². The van der Waals surface area contributed by atoms with Crippen LogP contribution in [0.4, 0.5) is 0 Å². The Balaban J connectivity index is 1.38. The molecule has 24 heavy (non-hydrogen) atoms. The van der Waals surface area contributed by atoms with Gasteiger partial charge in [-0.05, 0) is 18.8 Å². The van der Waals surface area contributed by atoms with E-state index in [0.29, 0.717) is 24.5 Å². The molecule has 4 fully saturated rings. The van der Waals surface area contributed by atoms with Gasteiger partial charge in [0.05, 0.1) is 38.4 Å². The Kier molecular flexibility index (Phi) is 4.54. The fourth-order valence-electron chi connectivity index (χ4n) is 4.84. The van der Waals surface area contributed by atoms with Crippen LogP contribution in [0.5, 0.6) is 0 Å². The highest BCUT2D eigenvalue weighted by Crippen LogP contribution is 2.29. The summed E-state index contributed by atoms with van der Waals surface area (Å²) < 4.78 is 7.05. The van der Waals surface area contributed by atoms with Gasteiger partial charge in [-0.1, -0.05) is 5.21 Å². The summed E-state index contributed by atoms with van der Waals surface area (Å²) in [4.78, 5) is 16.5. The first kappa shape index (κ1) is 16.0. The monoisotopic (exact) mass is 334 g/mol. The molecule has 1 amide bonds. The van der Waals surface area contributed by atoms with E-state index in [1.54, 1.807) is 12.0 Å². The van der Waals surface area contributed by atoms with Gasteiger partial charge in [-0.15, -0.1) is 5.10 Å². The second-order valence-corrected chi connectivity index (χ2v) is 7.60. The lowest BCUT2D eigenvalue weighted by molar-refractivity contribution is -0.945. The lowest BCUT2D eigenvalue weighted by Crippen LogP contribution is -3.20. The van der Waals surface area contributed by atoms with Crippen LogP contribution < -0.4 is 4.90 Å². The molecule has 0 aliphatic carbocycles. The summed E-state index contributed by atoms with van der Waals surface area (Å²) in [6.45, 7) is 5.55. The number of ether oxygens (including phenoxy) is 1. The zero-order chi connectivity index (χ0) is 16.5. The van der Waals surface area contributed by atoms with Crippen molar-refractivity contribution in [3.8, 4) is 0 Å². The first-order chi connectivity index (χ1) is 11.7. The molecule has 7 nitrogen and oxygen atoms in total. The molecule has 5 rings (SSSR count). The normalized spacial score (nSPS) is 32.5. The van der Waals surface area contributed by atoms with E-state index in [9.17, 15) is 4.79 Å². The lowest BCUT2D eigenvalue weighted by Gasteiger charge is -2.46. The maximum absolute atomic E-state index is 12.8. The van der Waals surface area contributed by atoms with E-state index in [4.69, 9.17) is 4.74 Å². The number of hydrogen-bond donors (Lipinski definition) is 1. The fraction of sp³-hybridized carbons (Fsp3) is 0.824. The van der Waals surface area contributed by atoms with E-state index < -0.39 is 0 Å². The summed E-state index contributed by atoms with van der Waals surface area (Å²) in [6.07, 6.45) is 6.68. The van der Waals surface area contributed by atoms with Crippen molar-refractivity contribution >= 4 is 5.91 Å². The van der Waals surface area contributed by atoms with Crippen LogP contribution in [0, 0.1) is 11.8 Å². The van der Waals surface area contributed by atoms with Gasteiger partial charge < -0.3 is 14.5 Å². The number of fused-ring (bicyclic) bond motifs is 3. The molecule has 0 spiro atoms. The summed E-state index contributed by atoms with van der Waals surface area (Å²) >= 11 is 0. The summed E-state index contributed by atoms with van der Waals surface area (Å²) in [7, 11) is 1.67. The topological polar surface area (TPSA) is 64.7 Å². The van der Waals surface area contributed by atoms with Crippen molar-refractivity contribution in [3.63, 3.8) is 0 Å². The van der Waals surface area contributed by atoms with Crippen LogP contribution >= 0.6 is 0 Å². The van der Waals surface area contributed by atoms with Crippen LogP contribution in [0.2, 0.25) is 0 Å². The van der Waals surface area contributed by atoms with Crippen molar-refractivity contribution in [1.82, 2.24) is 19.9 Å². The number of methoxy groups -OCH3 is 1. The van der Waals surface area contributed by atoms with E-state index >= 15 is 0 Å². The molecular formula is C17H28N5O2+. The quantitative estimate of drug-likeness (QED) is 0.776. The number of hydrogen-bond acceptors (Lipinski definition) is 4. The summed E-state index contributed by atoms with van der Waals surface area (Å²) in [5.74, 6) is 1.24. The van der Waals surface area contributed by atoms with Crippen LogP contribution in [-0.4, -0.2) is 65.1 Å². The van der Waals surface area contributed by atoms with Crippen LogP contribution in [0.1, 0.15) is 31.4 Å². The molecular weight excluding hydrogens is 306 g/mol. The molecule has 4 atom stereocenters. The minimum absolute atomic E-state index is 0.253. The smallest absolute Gasteiger partial charge is 0.231 e. The van der Waals surface area contributed by atoms with Gasteiger partial charge in [0.2, 0.25) is 5.91 Å². The van der Waals surface area contributed by atoms with E-state index in [1.807, 2.05) is 10.9 Å². The molecule has 1 aromatic heterocycles. The number of carbonyl (C=O) groups is 1. The average Bonchev–Trinajstić information content (AvgIpc) is 3.27. The molecule has 5 heterocycles. The highest BCUT2D eigenvalue weighted by Gasteiger charge is 2.47. The maximum atomic E-state index is 12.8. The highest BCUT2D eigenvalue weighted by molar-refractivity contribution is 5.79. The summed E-state index contributed by atoms with van der Waals surface area (Å²) in [5, 5.41) is 8.37. The predicted octanol–water partition coefficient (Wildman–Crippen LogP) is -0.660. The molecule has 4 aliphatic rings. The van der Waals surface area contributed by atoms with Crippen molar-refractivity contribution in [2.75, 3.05) is 33.3 Å². The fourth-order valence-corrected chi connectivity index (χ4v) is 4.84. The van der Waals surface area contributed by atoms with E-state index in [2.05, 4.69) is 15.2 Å². The highest BCUT2D eigenvalue weighted by atomic mass is 16.5. The Morgan fingerprint density at radius 1 is 1.42 bits per heavy atom. The van der Waals surface area contributed by atoms with Gasteiger partial charge in [-0.3, -0.25) is 4.79 Å². The molecule has 4 saturated heterocycles. The number of amides is 1. The molecule has 7 heteroatoms. The van der Waals surface area contributed by atoms with Crippen LogP contribution in [0.15, 0.2) is 6.20 Å². The maximum Gasteiger partial charge on any atom is 0.231 e. The van der Waals surface area contributed by atoms with Gasteiger partial charge in [0, 0.05) is 33.0 Å². The first-order valence-electron chi connectivity index (χ1n) is 9.26. The molecule has 2 bridgehead atoms. The number of carbonyl (C=O) groups excluding carboxylic acids is 1. The van der Waals surface area contributed by atoms with Crippen LogP contribution in [0.25, 0.3) is 0 Å². The van der Waals surface area contributed by atoms with Crippen molar-refractivity contribution in [2.24, 2.45) is 11.8 Å². The van der Waals surface area contributed by atoms with Gasteiger partial charge in [-0.2, -0.15) is 0 Å². The SMILES string of the molecule is COCc1cn(C[C@H]2C[C@H]3CC[NH+]2C[C@@H]3C(=O)N2CCCC2)nn1. The van der Waals surface area contributed by atoms with E-state index in [1.165, 1.54) is 25.8 Å². The third kappa shape index (κ3) is 3.07. The minimum Gasteiger partial charge on any atom is -0.378 e. The second kappa shape index (κ2) is 6.80. The molecule has 1 aromatic rings. The minimum atomic E-state index is 0.253. The molecule has 132 valence electrons. The van der Waals surface area contributed by atoms with E-state index in [-0.39, 0.29) is 5.92 Å². The second-order valence-electron chi connectivity index (χ2n) is 7.60. The molecule has 1 N–H and O–H groups in total. The molecule has 0 aromatic carbocycles. The van der Waals surface area contributed by atoms with Gasteiger partial charge >= 0.3 is 0 Å². The Hall–Kier alpha value is -1.47. The number of quaternary nitrogens is 1. The number of likely N-dealkylation sites (tertiary alicyclic amines) is 1. The third-order valence-corrected chi connectivity index (χ3v) is 6.07. The number of nitrogens with one attached hydrogen (secondary N) is 1. The Morgan fingerprint density at radius 3 is 2.96 bits per heavy atom. The van der Waals surface area contributed by atoms with Gasteiger partial charge in [0.15, 0.2) is 0 Å². The number of rotatable bonds is 5. The van der Waals surface area contributed by atoms with Crippen LogP contribution in [-0.2, 0) is 22.7 Å². The van der Waals surface area contributed by atoms with Crippen molar-refractivity contribution in [1.29, 1.82) is 0 Å². The third-order valence-electron chi connectivity index (χ3n) is 6.07. The van der Waals surface area contributed by atoms with Gasteiger partial charge in [-0.25, -0.2) is 4.68 Å². The standard InChI is InChI=1S/C17H27N5O2/c1-24-12-14-9-22(19-18-14)10-15-8-13-4-7-21(15)11-16(13)17(23)20-5-2-3-6-20/h9,13,15-16H,2-8,10-12H2,1H3/p+1/t13-,15-,16+/m1/s1. The van der Waals surface area contributed by atoms with Gasteiger partial charge in [0.1, 0.15) is 11.7 Å². The number of nitrogens with zero attached hydrogens (tertiary/aromatic N) is 4. The summed E-state index contributed by atoms with van der Waals surface area (Å²) in [5.41, 5.74) is 0.880. The molecule has 0 radical (unpaired) electrons. The zero-order valence-electron chi connectivity index (χ0n) is 14.5. The van der Waals surface area contributed by atoms with Gasteiger partial charge in [0.25, 0.3) is 0 Å². The largest absolute Gasteiger partial charge is 0.378 e. The lowest BCUT2D eigenvalue weighted by atomic mass is 9.75. The Labute approximate surface area is 142 Å².